The molecule has 7 nitrogen and oxygen atoms in total. The van der Waals surface area contributed by atoms with Crippen LogP contribution in [0.25, 0.3) is 0 Å². The Morgan fingerprint density at radius 3 is 2.19 bits per heavy atom. The fraction of sp³-hybridized carbons (Fsp3) is 0.0800. The van der Waals surface area contributed by atoms with Gasteiger partial charge in [0.1, 0.15) is 0 Å². The van der Waals surface area contributed by atoms with E-state index in [2.05, 4.69) is 21.0 Å². The smallest absolute Gasteiger partial charge is 0.323 e. The largest absolute Gasteiger partial charge is 0.324 e. The second kappa shape index (κ2) is 9.61. The maximum absolute atomic E-state index is 13.3. The number of hydrogen-bond donors (Lipinski definition) is 3. The van der Waals surface area contributed by atoms with E-state index in [1.807, 2.05) is 61.5 Å². The average Bonchev–Trinajstić information content (AvgIpc) is 3.32. The van der Waals surface area contributed by atoms with E-state index in [1.54, 1.807) is 47.4 Å². The molecule has 0 aliphatic carbocycles. The topological polar surface area (TPSA) is 88.0 Å². The van der Waals surface area contributed by atoms with E-state index in [1.165, 1.54) is 0 Å². The average molecular weight is 425 g/mol. The number of para-hydroxylation sites is 1. The van der Waals surface area contributed by atoms with Gasteiger partial charge in [-0.2, -0.15) is 5.10 Å². The fourth-order valence-electron chi connectivity index (χ4n) is 3.34. The molecule has 3 aromatic carbocycles. The number of benzene rings is 3. The van der Waals surface area contributed by atoms with E-state index in [-0.39, 0.29) is 11.9 Å². The number of urea groups is 1. The summed E-state index contributed by atoms with van der Waals surface area (Å²) < 4.78 is 1.62. The molecule has 0 spiro atoms. The quantitative estimate of drug-likeness (QED) is 0.403. The highest BCUT2D eigenvalue weighted by molar-refractivity contribution is 6.01. The molecule has 0 saturated carbocycles. The minimum Gasteiger partial charge on any atom is -0.324 e. The first-order chi connectivity index (χ1) is 15.6. The lowest BCUT2D eigenvalue weighted by Gasteiger charge is -2.19. The van der Waals surface area contributed by atoms with Crippen molar-refractivity contribution in [3.05, 3.63) is 108 Å². The summed E-state index contributed by atoms with van der Waals surface area (Å²) in [6, 6.07) is 24.8. The molecular weight excluding hydrogens is 402 g/mol. The van der Waals surface area contributed by atoms with Gasteiger partial charge in [-0.25, -0.2) is 4.79 Å². The van der Waals surface area contributed by atoms with Crippen LogP contribution in [0.4, 0.5) is 21.9 Å². The zero-order valence-corrected chi connectivity index (χ0v) is 17.5. The molecule has 0 bridgehead atoms. The van der Waals surface area contributed by atoms with Crippen molar-refractivity contribution >= 4 is 29.0 Å². The number of nitrogens with one attached hydrogen (secondary N) is 3. The Balaban J connectivity index is 1.52. The highest BCUT2D eigenvalue weighted by Gasteiger charge is 2.23. The second-order valence-electron chi connectivity index (χ2n) is 7.26. The molecule has 0 fully saturated rings. The monoisotopic (exact) mass is 425 g/mol. The molecule has 7 heteroatoms. The molecule has 1 aromatic heterocycles. The minimum atomic E-state index is -0.622. The first kappa shape index (κ1) is 20.9. The van der Waals surface area contributed by atoms with Gasteiger partial charge in [-0.15, -0.1) is 0 Å². The Morgan fingerprint density at radius 1 is 0.812 bits per heavy atom. The van der Waals surface area contributed by atoms with Crippen LogP contribution in [-0.4, -0.2) is 21.7 Å². The summed E-state index contributed by atoms with van der Waals surface area (Å²) >= 11 is 0. The Hall–Kier alpha value is -4.39. The van der Waals surface area contributed by atoms with Crippen LogP contribution in [0.3, 0.4) is 0 Å². The highest BCUT2D eigenvalue weighted by Crippen LogP contribution is 2.24. The van der Waals surface area contributed by atoms with Gasteiger partial charge < -0.3 is 16.0 Å². The van der Waals surface area contributed by atoms with Gasteiger partial charge in [-0.3, -0.25) is 9.48 Å². The molecule has 0 aliphatic heterocycles. The summed E-state index contributed by atoms with van der Waals surface area (Å²) in [7, 11) is 0. The minimum absolute atomic E-state index is 0.228. The maximum atomic E-state index is 13.3. The molecule has 3 N–H and O–H groups in total. The molecule has 0 aliphatic rings. The predicted octanol–water partition coefficient (Wildman–Crippen LogP) is 5.06. The Kier molecular flexibility index (Phi) is 6.27. The van der Waals surface area contributed by atoms with Crippen molar-refractivity contribution in [2.75, 3.05) is 16.0 Å². The normalized spacial score (nSPS) is 11.4. The van der Waals surface area contributed by atoms with Crippen LogP contribution in [0.15, 0.2) is 97.3 Å². The summed E-state index contributed by atoms with van der Waals surface area (Å²) in [6.45, 7) is 1.90. The van der Waals surface area contributed by atoms with E-state index in [0.717, 1.165) is 11.1 Å². The van der Waals surface area contributed by atoms with Crippen LogP contribution >= 0.6 is 0 Å². The molecule has 1 atom stereocenters. The van der Waals surface area contributed by atoms with Crippen molar-refractivity contribution in [1.82, 2.24) is 9.78 Å². The van der Waals surface area contributed by atoms with Crippen molar-refractivity contribution in [3.8, 4) is 0 Å². The highest BCUT2D eigenvalue weighted by atomic mass is 16.2. The lowest BCUT2D eigenvalue weighted by molar-refractivity contribution is -0.118. The van der Waals surface area contributed by atoms with E-state index in [4.69, 9.17) is 0 Å². The van der Waals surface area contributed by atoms with E-state index in [0.29, 0.717) is 17.1 Å². The van der Waals surface area contributed by atoms with Gasteiger partial charge in [0.05, 0.1) is 0 Å². The number of amides is 3. The number of rotatable bonds is 6. The SMILES string of the molecule is Cc1ccc(NC(=O)Nc2ccccc2)cc1NC(=O)C(c1ccccc1)n1cccn1. The van der Waals surface area contributed by atoms with Crippen LogP contribution in [0.2, 0.25) is 0 Å². The van der Waals surface area contributed by atoms with Gasteiger partial charge in [0.2, 0.25) is 0 Å². The van der Waals surface area contributed by atoms with Gasteiger partial charge in [0.25, 0.3) is 5.91 Å². The van der Waals surface area contributed by atoms with E-state index >= 15 is 0 Å². The molecule has 32 heavy (non-hydrogen) atoms. The standard InChI is InChI=1S/C25H23N5O2/c1-18-13-14-21(28-25(32)27-20-11-6-3-7-12-20)17-22(18)29-24(31)23(30-16-8-15-26-30)19-9-4-2-5-10-19/h2-17,23H,1H3,(H,29,31)(H2,27,28,32). The summed E-state index contributed by atoms with van der Waals surface area (Å²) in [6.07, 6.45) is 3.40. The molecule has 4 aromatic rings. The van der Waals surface area contributed by atoms with Crippen LogP contribution < -0.4 is 16.0 Å². The van der Waals surface area contributed by atoms with Crippen LogP contribution in [-0.2, 0) is 4.79 Å². The van der Waals surface area contributed by atoms with Crippen molar-refractivity contribution < 1.29 is 9.59 Å². The number of aromatic nitrogens is 2. The first-order valence-electron chi connectivity index (χ1n) is 10.2. The summed E-state index contributed by atoms with van der Waals surface area (Å²) in [5, 5.41) is 12.8. The van der Waals surface area contributed by atoms with Crippen molar-refractivity contribution in [2.24, 2.45) is 0 Å². The third-order valence-electron chi connectivity index (χ3n) is 4.94. The lowest BCUT2D eigenvalue weighted by atomic mass is 10.1. The third kappa shape index (κ3) is 5.02. The molecule has 1 heterocycles. The Bertz CT molecular complexity index is 1190. The van der Waals surface area contributed by atoms with Crippen LogP contribution in [0, 0.1) is 6.92 Å². The van der Waals surface area contributed by atoms with Gasteiger partial charge in [-0.1, -0.05) is 54.6 Å². The molecule has 3 amide bonds. The van der Waals surface area contributed by atoms with Gasteiger partial charge in [-0.05, 0) is 48.4 Å². The summed E-state index contributed by atoms with van der Waals surface area (Å²) in [5.74, 6) is -0.228. The second-order valence-corrected chi connectivity index (χ2v) is 7.26. The first-order valence-corrected chi connectivity index (χ1v) is 10.2. The zero-order valence-electron chi connectivity index (χ0n) is 17.5. The molecule has 160 valence electrons. The number of hydrogen-bond acceptors (Lipinski definition) is 3. The van der Waals surface area contributed by atoms with Gasteiger partial charge >= 0.3 is 6.03 Å². The van der Waals surface area contributed by atoms with Crippen LogP contribution in [0.1, 0.15) is 17.2 Å². The lowest BCUT2D eigenvalue weighted by Crippen LogP contribution is -2.27. The molecular formula is C25H23N5O2. The molecule has 4 rings (SSSR count). The Labute approximate surface area is 186 Å². The van der Waals surface area contributed by atoms with Crippen LogP contribution in [0.5, 0.6) is 0 Å². The summed E-state index contributed by atoms with van der Waals surface area (Å²) in [5.41, 5.74) is 3.56. The number of anilines is 3. The molecule has 0 saturated heterocycles. The molecule has 1 unspecified atom stereocenters. The summed E-state index contributed by atoms with van der Waals surface area (Å²) in [4.78, 5) is 25.6. The maximum Gasteiger partial charge on any atom is 0.323 e. The van der Waals surface area contributed by atoms with Crippen molar-refractivity contribution in [3.63, 3.8) is 0 Å². The predicted molar refractivity (Wildman–Crippen MR) is 126 cm³/mol. The van der Waals surface area contributed by atoms with Crippen molar-refractivity contribution in [1.29, 1.82) is 0 Å². The number of aryl methyl sites for hydroxylation is 1. The van der Waals surface area contributed by atoms with E-state index < -0.39 is 6.04 Å². The number of carbonyl (C=O) groups is 2. The number of carbonyl (C=O) groups excluding carboxylic acids is 2. The number of nitrogens with zero attached hydrogens (tertiary/aromatic N) is 2. The van der Waals surface area contributed by atoms with Gasteiger partial charge in [0, 0.05) is 29.5 Å². The van der Waals surface area contributed by atoms with Crippen molar-refractivity contribution in [2.45, 2.75) is 13.0 Å². The van der Waals surface area contributed by atoms with E-state index in [9.17, 15) is 9.59 Å². The third-order valence-corrected chi connectivity index (χ3v) is 4.94. The Morgan fingerprint density at radius 2 is 1.50 bits per heavy atom. The molecule has 0 radical (unpaired) electrons. The zero-order chi connectivity index (χ0) is 22.3. The fourth-order valence-corrected chi connectivity index (χ4v) is 3.34. The van der Waals surface area contributed by atoms with Gasteiger partial charge in [0.15, 0.2) is 6.04 Å².